The molecule has 2 aromatic heterocycles. The molecule has 1 atom stereocenters. The van der Waals surface area contributed by atoms with Gasteiger partial charge in [-0.25, -0.2) is 4.98 Å². The van der Waals surface area contributed by atoms with Crippen LogP contribution in [0.25, 0.3) is 11.5 Å². The molecule has 0 aliphatic carbocycles. The Kier molecular flexibility index (Phi) is 2.67. The van der Waals surface area contributed by atoms with E-state index in [2.05, 4.69) is 20.4 Å². The molecule has 1 fully saturated rings. The lowest BCUT2D eigenvalue weighted by Crippen LogP contribution is -2.26. The summed E-state index contributed by atoms with van der Waals surface area (Å²) >= 11 is 1.53. The quantitative estimate of drug-likeness (QED) is 0.864. The number of nitrogens with zero attached hydrogens (tertiary/aromatic N) is 3. The molecule has 3 heterocycles. The van der Waals surface area contributed by atoms with Crippen LogP contribution in [-0.2, 0) is 0 Å². The van der Waals surface area contributed by atoms with Gasteiger partial charge in [-0.15, -0.1) is 11.3 Å². The van der Waals surface area contributed by atoms with Crippen molar-refractivity contribution in [2.75, 3.05) is 6.54 Å². The minimum absolute atomic E-state index is 0.216. The second-order valence-electron chi connectivity index (χ2n) is 3.83. The van der Waals surface area contributed by atoms with Crippen molar-refractivity contribution in [3.05, 3.63) is 16.8 Å². The highest BCUT2D eigenvalue weighted by Gasteiger charge is 2.21. The van der Waals surface area contributed by atoms with Crippen LogP contribution < -0.4 is 5.32 Å². The Morgan fingerprint density at radius 2 is 2.44 bits per heavy atom. The molecule has 0 saturated carbocycles. The molecule has 0 amide bonds. The van der Waals surface area contributed by atoms with Gasteiger partial charge in [-0.2, -0.15) is 4.98 Å². The Hall–Kier alpha value is -1.27. The zero-order valence-corrected chi connectivity index (χ0v) is 9.54. The van der Waals surface area contributed by atoms with E-state index in [0.717, 1.165) is 18.7 Å². The summed E-state index contributed by atoms with van der Waals surface area (Å²) in [7, 11) is 0. The minimum Gasteiger partial charge on any atom is -0.337 e. The van der Waals surface area contributed by atoms with Gasteiger partial charge in [-0.1, -0.05) is 11.6 Å². The van der Waals surface area contributed by atoms with Crippen molar-refractivity contribution in [2.45, 2.75) is 25.3 Å². The summed E-state index contributed by atoms with van der Waals surface area (Å²) in [5, 5.41) is 9.25. The molecule has 2 aromatic rings. The van der Waals surface area contributed by atoms with Crippen molar-refractivity contribution in [1.82, 2.24) is 20.4 Å². The highest BCUT2D eigenvalue weighted by molar-refractivity contribution is 7.07. The molecule has 1 aliphatic rings. The van der Waals surface area contributed by atoms with Gasteiger partial charge in [0.1, 0.15) is 5.69 Å². The van der Waals surface area contributed by atoms with Crippen molar-refractivity contribution in [2.24, 2.45) is 0 Å². The number of rotatable bonds is 2. The smallest absolute Gasteiger partial charge is 0.244 e. The molecule has 1 saturated heterocycles. The lowest BCUT2D eigenvalue weighted by atomic mass is 10.1. The zero-order chi connectivity index (χ0) is 10.8. The lowest BCUT2D eigenvalue weighted by Gasteiger charge is -2.19. The van der Waals surface area contributed by atoms with Gasteiger partial charge in [-0.3, -0.25) is 0 Å². The maximum atomic E-state index is 5.27. The number of nitrogens with one attached hydrogen (secondary N) is 1. The number of piperidine rings is 1. The number of hydrogen-bond donors (Lipinski definition) is 1. The van der Waals surface area contributed by atoms with E-state index in [1.165, 1.54) is 24.2 Å². The molecule has 0 unspecified atom stereocenters. The Balaban J connectivity index is 1.82. The van der Waals surface area contributed by atoms with Crippen molar-refractivity contribution in [3.63, 3.8) is 0 Å². The molecular formula is C10H12N4OS. The van der Waals surface area contributed by atoms with E-state index in [4.69, 9.17) is 4.52 Å². The van der Waals surface area contributed by atoms with Gasteiger partial charge >= 0.3 is 0 Å². The molecule has 1 N–H and O–H groups in total. The fourth-order valence-electron chi connectivity index (χ4n) is 1.87. The van der Waals surface area contributed by atoms with Crippen LogP contribution in [0.15, 0.2) is 15.4 Å². The fourth-order valence-corrected chi connectivity index (χ4v) is 2.40. The van der Waals surface area contributed by atoms with Crippen LogP contribution in [0.2, 0.25) is 0 Å². The number of aromatic nitrogens is 3. The predicted molar refractivity (Wildman–Crippen MR) is 60.0 cm³/mol. The van der Waals surface area contributed by atoms with E-state index in [9.17, 15) is 0 Å². The summed E-state index contributed by atoms with van der Waals surface area (Å²) in [6.07, 6.45) is 3.51. The second kappa shape index (κ2) is 4.31. The molecule has 3 rings (SSSR count). The molecule has 0 bridgehead atoms. The standard InChI is InChI=1S/C10H12N4OS/c1-2-4-11-7(3-1)10-13-9(14-15-10)8-5-16-6-12-8/h5-7,11H,1-4H2/t7-/m1/s1. The van der Waals surface area contributed by atoms with Gasteiger partial charge in [0, 0.05) is 5.38 Å². The van der Waals surface area contributed by atoms with Crippen LogP contribution in [0.4, 0.5) is 0 Å². The topological polar surface area (TPSA) is 63.8 Å². The number of hydrogen-bond acceptors (Lipinski definition) is 6. The van der Waals surface area contributed by atoms with E-state index in [-0.39, 0.29) is 6.04 Å². The van der Waals surface area contributed by atoms with E-state index in [0.29, 0.717) is 11.7 Å². The summed E-state index contributed by atoms with van der Waals surface area (Å²) in [4.78, 5) is 8.54. The maximum absolute atomic E-state index is 5.27. The highest BCUT2D eigenvalue weighted by atomic mass is 32.1. The van der Waals surface area contributed by atoms with Crippen molar-refractivity contribution in [3.8, 4) is 11.5 Å². The third kappa shape index (κ3) is 1.85. The van der Waals surface area contributed by atoms with Gasteiger partial charge in [0.2, 0.25) is 11.7 Å². The summed E-state index contributed by atoms with van der Waals surface area (Å²) in [6, 6.07) is 0.216. The van der Waals surface area contributed by atoms with E-state index < -0.39 is 0 Å². The summed E-state index contributed by atoms with van der Waals surface area (Å²) in [5.41, 5.74) is 2.56. The first-order valence-corrected chi connectivity index (χ1v) is 6.33. The van der Waals surface area contributed by atoms with Crippen LogP contribution in [0.1, 0.15) is 31.2 Å². The molecule has 6 heteroatoms. The molecule has 16 heavy (non-hydrogen) atoms. The second-order valence-corrected chi connectivity index (χ2v) is 4.55. The lowest BCUT2D eigenvalue weighted by molar-refractivity contribution is 0.297. The fraction of sp³-hybridized carbons (Fsp3) is 0.500. The first-order valence-electron chi connectivity index (χ1n) is 5.39. The monoisotopic (exact) mass is 236 g/mol. The summed E-state index contributed by atoms with van der Waals surface area (Å²) in [6.45, 7) is 1.03. The van der Waals surface area contributed by atoms with Gasteiger partial charge in [0.15, 0.2) is 0 Å². The predicted octanol–water partition coefficient (Wildman–Crippen LogP) is 2.01. The minimum atomic E-state index is 0.216. The summed E-state index contributed by atoms with van der Waals surface area (Å²) < 4.78 is 5.27. The molecule has 0 aromatic carbocycles. The molecule has 1 aliphatic heterocycles. The summed E-state index contributed by atoms with van der Waals surface area (Å²) in [5.74, 6) is 1.27. The third-order valence-corrected chi connectivity index (χ3v) is 3.30. The van der Waals surface area contributed by atoms with E-state index >= 15 is 0 Å². The van der Waals surface area contributed by atoms with Gasteiger partial charge in [0.05, 0.1) is 11.6 Å². The molecule has 0 spiro atoms. The van der Waals surface area contributed by atoms with Crippen molar-refractivity contribution >= 4 is 11.3 Å². The van der Waals surface area contributed by atoms with Crippen LogP contribution in [0.3, 0.4) is 0 Å². The van der Waals surface area contributed by atoms with Gasteiger partial charge < -0.3 is 9.84 Å². The van der Waals surface area contributed by atoms with Crippen LogP contribution in [0, 0.1) is 0 Å². The van der Waals surface area contributed by atoms with E-state index in [1.54, 1.807) is 5.51 Å². The Bertz CT molecular complexity index is 447. The molecular weight excluding hydrogens is 224 g/mol. The largest absolute Gasteiger partial charge is 0.337 e. The Morgan fingerprint density at radius 3 is 3.19 bits per heavy atom. The first kappa shape index (κ1) is 9.92. The first-order chi connectivity index (χ1) is 7.93. The zero-order valence-electron chi connectivity index (χ0n) is 8.72. The van der Waals surface area contributed by atoms with Gasteiger partial charge in [-0.05, 0) is 19.4 Å². The molecule has 5 nitrogen and oxygen atoms in total. The average molecular weight is 236 g/mol. The van der Waals surface area contributed by atoms with Crippen molar-refractivity contribution in [1.29, 1.82) is 0 Å². The highest BCUT2D eigenvalue weighted by Crippen LogP contribution is 2.23. The maximum Gasteiger partial charge on any atom is 0.244 e. The van der Waals surface area contributed by atoms with Crippen LogP contribution in [-0.4, -0.2) is 21.7 Å². The van der Waals surface area contributed by atoms with Gasteiger partial charge in [0.25, 0.3) is 0 Å². The normalized spacial score (nSPS) is 21.1. The molecule has 0 radical (unpaired) electrons. The van der Waals surface area contributed by atoms with Crippen LogP contribution in [0.5, 0.6) is 0 Å². The third-order valence-electron chi connectivity index (χ3n) is 2.71. The Morgan fingerprint density at radius 1 is 1.44 bits per heavy atom. The van der Waals surface area contributed by atoms with E-state index in [1.807, 2.05) is 5.38 Å². The van der Waals surface area contributed by atoms with Crippen molar-refractivity contribution < 1.29 is 4.52 Å². The Labute approximate surface area is 96.9 Å². The van der Waals surface area contributed by atoms with Crippen LogP contribution >= 0.6 is 11.3 Å². The SMILES string of the molecule is c1nc(-c2noc([C@H]3CCCCN3)n2)cs1. The molecule has 84 valence electrons. The average Bonchev–Trinajstić information content (AvgIpc) is 3.01. The number of thiazole rings is 1.